The maximum absolute atomic E-state index is 11.8. The highest BCUT2D eigenvalue weighted by atomic mass is 32.2. The summed E-state index contributed by atoms with van der Waals surface area (Å²) in [4.78, 5) is 1.00. The zero-order valence-corrected chi connectivity index (χ0v) is 12.8. The minimum atomic E-state index is -3.42. The molecule has 108 valence electrons. The van der Waals surface area contributed by atoms with Crippen LogP contribution in [0.4, 0.5) is 11.4 Å². The lowest BCUT2D eigenvalue weighted by Gasteiger charge is -2.11. The van der Waals surface area contributed by atoms with Gasteiger partial charge in [0.05, 0.1) is 23.7 Å². The van der Waals surface area contributed by atoms with Crippen LogP contribution in [-0.2, 0) is 14.8 Å². The third-order valence-corrected chi connectivity index (χ3v) is 4.75. The van der Waals surface area contributed by atoms with E-state index in [2.05, 4.69) is 11.6 Å². The molecule has 0 aromatic heterocycles. The molecule has 0 saturated heterocycles. The Morgan fingerprint density at radius 2 is 2.16 bits per heavy atom. The summed E-state index contributed by atoms with van der Waals surface area (Å²) in [6, 6.07) is 5.37. The highest BCUT2D eigenvalue weighted by Gasteiger charge is 2.12. The van der Waals surface area contributed by atoms with Crippen molar-refractivity contribution in [1.82, 2.24) is 0 Å². The van der Waals surface area contributed by atoms with E-state index in [-0.39, 0.29) is 12.4 Å². The smallest absolute Gasteiger partial charge is 0.235 e. The third kappa shape index (κ3) is 5.71. The summed E-state index contributed by atoms with van der Waals surface area (Å²) < 4.78 is 30.8. The number of hydrogen-bond donors (Lipinski definition) is 2. The summed E-state index contributed by atoms with van der Waals surface area (Å²) in [6.45, 7) is 2.25. The Morgan fingerprint density at radius 3 is 2.79 bits per heavy atom. The monoisotopic (exact) mass is 304 g/mol. The second-order valence-electron chi connectivity index (χ2n) is 4.01. The van der Waals surface area contributed by atoms with Crippen molar-refractivity contribution >= 4 is 33.2 Å². The molecular formula is C12H20N2O3S2. The van der Waals surface area contributed by atoms with Crippen LogP contribution < -0.4 is 10.5 Å². The molecule has 0 aliphatic carbocycles. The Bertz CT molecular complexity index is 504. The second kappa shape index (κ2) is 7.62. The average Bonchev–Trinajstić information content (AvgIpc) is 2.37. The van der Waals surface area contributed by atoms with Crippen LogP contribution in [0.3, 0.4) is 0 Å². The number of nitrogens with one attached hydrogen (secondary N) is 1. The number of ether oxygens (including phenoxy) is 1. The number of anilines is 2. The first-order chi connectivity index (χ1) is 8.98. The van der Waals surface area contributed by atoms with E-state index in [0.717, 1.165) is 17.1 Å². The fourth-order valence-electron chi connectivity index (χ4n) is 1.35. The van der Waals surface area contributed by atoms with Gasteiger partial charge in [-0.2, -0.15) is 0 Å². The minimum Gasteiger partial charge on any atom is -0.397 e. The molecule has 19 heavy (non-hydrogen) atoms. The van der Waals surface area contributed by atoms with Gasteiger partial charge in [0.1, 0.15) is 0 Å². The third-order valence-electron chi connectivity index (χ3n) is 2.32. The van der Waals surface area contributed by atoms with Crippen LogP contribution in [0.15, 0.2) is 23.1 Å². The van der Waals surface area contributed by atoms with Gasteiger partial charge in [-0.05, 0) is 30.4 Å². The van der Waals surface area contributed by atoms with Gasteiger partial charge in [0.15, 0.2) is 0 Å². The summed E-state index contributed by atoms with van der Waals surface area (Å²) in [5, 5.41) is 0. The number of sulfonamides is 1. The molecule has 1 aromatic rings. The largest absolute Gasteiger partial charge is 0.397 e. The van der Waals surface area contributed by atoms with Gasteiger partial charge in [-0.15, -0.1) is 11.8 Å². The number of hydrogen-bond acceptors (Lipinski definition) is 5. The Kier molecular flexibility index (Phi) is 6.47. The lowest BCUT2D eigenvalue weighted by molar-refractivity contribution is 0.217. The number of rotatable bonds is 8. The molecule has 0 aliphatic heterocycles. The molecule has 0 aliphatic rings. The fraction of sp³-hybridized carbons (Fsp3) is 0.500. The van der Waals surface area contributed by atoms with Crippen LogP contribution in [0, 0.1) is 0 Å². The molecule has 0 atom stereocenters. The van der Waals surface area contributed by atoms with Crippen molar-refractivity contribution in [2.45, 2.75) is 18.2 Å². The predicted octanol–water partition coefficient (Wildman–Crippen LogP) is 2.16. The molecule has 5 nitrogen and oxygen atoms in total. The van der Waals surface area contributed by atoms with E-state index in [4.69, 9.17) is 10.5 Å². The molecule has 0 saturated carbocycles. The molecule has 0 fully saturated rings. The fourth-order valence-corrected chi connectivity index (χ4v) is 3.15. The van der Waals surface area contributed by atoms with Crippen LogP contribution in [0.25, 0.3) is 0 Å². The molecular weight excluding hydrogens is 284 g/mol. The van der Waals surface area contributed by atoms with E-state index in [9.17, 15) is 8.42 Å². The Hall–Kier alpha value is -0.920. The van der Waals surface area contributed by atoms with Crippen molar-refractivity contribution < 1.29 is 13.2 Å². The molecule has 3 N–H and O–H groups in total. The van der Waals surface area contributed by atoms with Crippen LogP contribution >= 0.6 is 11.8 Å². The van der Waals surface area contributed by atoms with E-state index in [1.54, 1.807) is 23.9 Å². The molecule has 1 aromatic carbocycles. The molecule has 0 heterocycles. The molecule has 0 radical (unpaired) electrons. The zero-order chi connectivity index (χ0) is 14.3. The quantitative estimate of drug-likeness (QED) is 0.568. The second-order valence-corrected chi connectivity index (χ2v) is 7.02. The van der Waals surface area contributed by atoms with Crippen molar-refractivity contribution in [3.63, 3.8) is 0 Å². The van der Waals surface area contributed by atoms with Gasteiger partial charge in [-0.25, -0.2) is 8.42 Å². The Balaban J connectivity index is 2.81. The van der Waals surface area contributed by atoms with E-state index in [1.165, 1.54) is 7.11 Å². The number of thioether (sulfide) groups is 1. The number of nitrogens with two attached hydrogens (primary N) is 1. The zero-order valence-electron chi connectivity index (χ0n) is 11.2. The van der Waals surface area contributed by atoms with Gasteiger partial charge in [-0.3, -0.25) is 4.72 Å². The van der Waals surface area contributed by atoms with Gasteiger partial charge in [0.25, 0.3) is 0 Å². The SMILES string of the molecule is CCCSc1ccc(N)c(NS(=O)(=O)CCOC)c1. The molecule has 0 bridgehead atoms. The van der Waals surface area contributed by atoms with Crippen LogP contribution in [0.5, 0.6) is 0 Å². The van der Waals surface area contributed by atoms with E-state index >= 15 is 0 Å². The lowest BCUT2D eigenvalue weighted by Crippen LogP contribution is -2.20. The normalized spacial score (nSPS) is 11.5. The predicted molar refractivity (Wildman–Crippen MR) is 81.2 cm³/mol. The van der Waals surface area contributed by atoms with Crippen LogP contribution in [0.1, 0.15) is 13.3 Å². The first-order valence-corrected chi connectivity index (χ1v) is 8.64. The number of benzene rings is 1. The van der Waals surface area contributed by atoms with Crippen molar-refractivity contribution in [2.75, 3.05) is 35.7 Å². The highest BCUT2D eigenvalue weighted by Crippen LogP contribution is 2.27. The lowest BCUT2D eigenvalue weighted by atomic mass is 10.3. The van der Waals surface area contributed by atoms with Crippen molar-refractivity contribution in [3.05, 3.63) is 18.2 Å². The van der Waals surface area contributed by atoms with Crippen LogP contribution in [0.2, 0.25) is 0 Å². The van der Waals surface area contributed by atoms with Crippen LogP contribution in [-0.4, -0.2) is 33.6 Å². The summed E-state index contributed by atoms with van der Waals surface area (Å²) in [5.41, 5.74) is 6.63. The summed E-state index contributed by atoms with van der Waals surface area (Å²) in [5.74, 6) is 0.898. The summed E-state index contributed by atoms with van der Waals surface area (Å²) in [6.07, 6.45) is 1.06. The molecule has 7 heteroatoms. The maximum Gasteiger partial charge on any atom is 0.235 e. The van der Waals surface area contributed by atoms with E-state index < -0.39 is 10.0 Å². The molecule has 1 rings (SSSR count). The number of nitrogen functional groups attached to an aromatic ring is 1. The average molecular weight is 304 g/mol. The first-order valence-electron chi connectivity index (χ1n) is 6.00. The van der Waals surface area contributed by atoms with Crippen molar-refractivity contribution in [2.24, 2.45) is 0 Å². The van der Waals surface area contributed by atoms with Gasteiger partial charge in [-0.1, -0.05) is 6.92 Å². The summed E-state index contributed by atoms with van der Waals surface area (Å²) >= 11 is 1.67. The van der Waals surface area contributed by atoms with Gasteiger partial charge < -0.3 is 10.5 Å². The Morgan fingerprint density at radius 1 is 1.42 bits per heavy atom. The van der Waals surface area contributed by atoms with Crippen molar-refractivity contribution in [1.29, 1.82) is 0 Å². The van der Waals surface area contributed by atoms with Crippen molar-refractivity contribution in [3.8, 4) is 0 Å². The van der Waals surface area contributed by atoms with Gasteiger partial charge in [0.2, 0.25) is 10.0 Å². The Labute approximate surface area is 119 Å². The first kappa shape index (κ1) is 16.1. The number of methoxy groups -OCH3 is 1. The van der Waals surface area contributed by atoms with E-state index in [0.29, 0.717) is 11.4 Å². The molecule has 0 unspecified atom stereocenters. The minimum absolute atomic E-state index is 0.0880. The molecule has 0 amide bonds. The summed E-state index contributed by atoms with van der Waals surface area (Å²) in [7, 11) is -1.96. The van der Waals surface area contributed by atoms with Gasteiger partial charge in [0, 0.05) is 12.0 Å². The topological polar surface area (TPSA) is 81.4 Å². The van der Waals surface area contributed by atoms with E-state index in [1.807, 2.05) is 6.07 Å². The maximum atomic E-state index is 11.8. The highest BCUT2D eigenvalue weighted by molar-refractivity contribution is 7.99. The molecule has 0 spiro atoms. The standard InChI is InChI=1S/C12H20N2O3S2/c1-3-7-18-10-4-5-11(13)12(9-10)14-19(15,16)8-6-17-2/h4-5,9,14H,3,6-8,13H2,1-2H3. The van der Waals surface area contributed by atoms with Gasteiger partial charge >= 0.3 is 0 Å².